The number of hydrogen-bond acceptors (Lipinski definition) is 4. The van der Waals surface area contributed by atoms with Crippen LogP contribution in [-0.4, -0.2) is 15.9 Å². The van der Waals surface area contributed by atoms with Gasteiger partial charge in [0, 0.05) is 12.1 Å². The number of thiazole rings is 1. The number of pyridine rings is 1. The Labute approximate surface area is 150 Å². The van der Waals surface area contributed by atoms with Crippen molar-refractivity contribution >= 4 is 33.3 Å². The monoisotopic (exact) mass is 349 g/mol. The van der Waals surface area contributed by atoms with Crippen LogP contribution in [0.3, 0.4) is 0 Å². The Bertz CT molecular complexity index is 897. The summed E-state index contributed by atoms with van der Waals surface area (Å²) in [5.41, 5.74) is 2.09. The molecule has 1 aliphatic rings. The van der Waals surface area contributed by atoms with Crippen LogP contribution in [0.25, 0.3) is 10.2 Å². The molecule has 1 aromatic carbocycles. The van der Waals surface area contributed by atoms with Gasteiger partial charge in [0.25, 0.3) is 0 Å². The van der Waals surface area contributed by atoms with Crippen molar-refractivity contribution in [1.29, 1.82) is 0 Å². The van der Waals surface area contributed by atoms with Crippen molar-refractivity contribution in [1.82, 2.24) is 9.97 Å². The van der Waals surface area contributed by atoms with Gasteiger partial charge >= 0.3 is 0 Å². The Hall–Kier alpha value is -2.53. The minimum Gasteiger partial charge on any atom is -0.310 e. The lowest BCUT2D eigenvalue weighted by Crippen LogP contribution is -2.29. The Morgan fingerprint density at radius 2 is 2.00 bits per heavy atom. The van der Waals surface area contributed by atoms with Crippen molar-refractivity contribution in [3.63, 3.8) is 0 Å². The number of carbonyl (C=O) groups is 1. The second-order valence-electron chi connectivity index (χ2n) is 6.39. The molecule has 0 radical (unpaired) electrons. The zero-order valence-corrected chi connectivity index (χ0v) is 14.8. The number of amides is 1. The number of nitrogens with zero attached hydrogens (tertiary/aromatic N) is 2. The molecule has 0 saturated carbocycles. The fourth-order valence-corrected chi connectivity index (χ4v) is 4.33. The van der Waals surface area contributed by atoms with Gasteiger partial charge in [0.2, 0.25) is 5.91 Å². The summed E-state index contributed by atoms with van der Waals surface area (Å²) in [5, 5.41) is 4.01. The first-order valence-electron chi connectivity index (χ1n) is 8.45. The third-order valence-corrected chi connectivity index (χ3v) is 5.73. The lowest BCUT2D eigenvalue weighted by Gasteiger charge is -2.25. The van der Waals surface area contributed by atoms with Crippen LogP contribution < -0.4 is 5.32 Å². The van der Waals surface area contributed by atoms with E-state index in [1.54, 1.807) is 17.5 Å². The zero-order valence-electron chi connectivity index (χ0n) is 14.0. The highest BCUT2D eigenvalue weighted by Gasteiger charge is 2.32. The van der Waals surface area contributed by atoms with E-state index in [0.29, 0.717) is 5.82 Å². The normalized spacial score (nSPS) is 19.9. The van der Waals surface area contributed by atoms with Gasteiger partial charge in [-0.1, -0.05) is 30.4 Å². The first kappa shape index (κ1) is 16.0. The van der Waals surface area contributed by atoms with Gasteiger partial charge in [-0.25, -0.2) is 9.97 Å². The lowest BCUT2D eigenvalue weighted by atomic mass is 9.82. The van der Waals surface area contributed by atoms with Crippen molar-refractivity contribution in [3.05, 3.63) is 65.3 Å². The summed E-state index contributed by atoms with van der Waals surface area (Å²) in [5.74, 6) is 0.625. The number of fused-ring (bicyclic) bond motifs is 1. The van der Waals surface area contributed by atoms with Crippen LogP contribution in [0.1, 0.15) is 29.3 Å². The highest BCUT2D eigenvalue weighted by atomic mass is 32.1. The van der Waals surface area contributed by atoms with Crippen molar-refractivity contribution in [2.24, 2.45) is 5.92 Å². The summed E-state index contributed by atoms with van der Waals surface area (Å²) in [6.45, 7) is 1.98. The number of aryl methyl sites for hydroxylation is 1. The van der Waals surface area contributed by atoms with E-state index in [-0.39, 0.29) is 17.7 Å². The largest absolute Gasteiger partial charge is 0.310 e. The van der Waals surface area contributed by atoms with E-state index in [1.807, 2.05) is 37.3 Å². The van der Waals surface area contributed by atoms with Crippen LogP contribution in [-0.2, 0) is 4.79 Å². The third kappa shape index (κ3) is 3.33. The van der Waals surface area contributed by atoms with Crippen LogP contribution in [0.5, 0.6) is 0 Å². The van der Waals surface area contributed by atoms with E-state index in [2.05, 4.69) is 28.5 Å². The van der Waals surface area contributed by atoms with Gasteiger partial charge in [-0.2, -0.15) is 0 Å². The van der Waals surface area contributed by atoms with Crippen LogP contribution in [0.2, 0.25) is 0 Å². The summed E-state index contributed by atoms with van der Waals surface area (Å²) in [7, 11) is 0. The molecule has 2 aromatic heterocycles. The van der Waals surface area contributed by atoms with Crippen molar-refractivity contribution in [2.75, 3.05) is 5.32 Å². The van der Waals surface area contributed by atoms with Crippen LogP contribution in [0.15, 0.2) is 54.7 Å². The zero-order chi connectivity index (χ0) is 17.2. The molecule has 126 valence electrons. The maximum atomic E-state index is 12.8. The molecule has 0 bridgehead atoms. The average molecular weight is 349 g/mol. The van der Waals surface area contributed by atoms with E-state index in [4.69, 9.17) is 4.98 Å². The smallest absolute Gasteiger partial charge is 0.229 e. The van der Waals surface area contributed by atoms with Gasteiger partial charge < -0.3 is 5.32 Å². The molecular weight excluding hydrogens is 330 g/mol. The molecule has 3 aromatic rings. The van der Waals surface area contributed by atoms with Crippen molar-refractivity contribution in [3.8, 4) is 0 Å². The maximum Gasteiger partial charge on any atom is 0.229 e. The number of allylic oxidation sites excluding steroid dienone is 2. The van der Waals surface area contributed by atoms with E-state index in [1.165, 1.54) is 4.70 Å². The Balaban J connectivity index is 1.59. The fourth-order valence-electron chi connectivity index (χ4n) is 3.19. The quantitative estimate of drug-likeness (QED) is 0.698. The van der Waals surface area contributed by atoms with E-state index < -0.39 is 0 Å². The first-order valence-corrected chi connectivity index (χ1v) is 9.26. The second-order valence-corrected chi connectivity index (χ2v) is 7.45. The minimum absolute atomic E-state index is 0.0185. The Morgan fingerprint density at radius 1 is 1.16 bits per heavy atom. The van der Waals surface area contributed by atoms with Gasteiger partial charge in [-0.15, -0.1) is 11.3 Å². The Kier molecular flexibility index (Phi) is 4.32. The highest BCUT2D eigenvalue weighted by molar-refractivity contribution is 7.18. The minimum atomic E-state index is -0.117. The summed E-state index contributed by atoms with van der Waals surface area (Å²) in [6.07, 6.45) is 7.60. The number of hydrogen-bond donors (Lipinski definition) is 1. The topological polar surface area (TPSA) is 54.9 Å². The molecule has 0 fully saturated rings. The van der Waals surface area contributed by atoms with Gasteiger partial charge in [-0.05, 0) is 43.5 Å². The third-order valence-electron chi connectivity index (χ3n) is 4.56. The number of aromatic nitrogens is 2. The summed E-state index contributed by atoms with van der Waals surface area (Å²) >= 11 is 1.69. The average Bonchev–Trinajstić information content (AvgIpc) is 3.07. The molecule has 1 aliphatic carbocycles. The maximum absolute atomic E-state index is 12.8. The molecular formula is C20H19N3OS. The van der Waals surface area contributed by atoms with Crippen molar-refractivity contribution in [2.45, 2.75) is 25.7 Å². The molecule has 2 unspecified atom stereocenters. The number of anilines is 1. The van der Waals surface area contributed by atoms with E-state index in [9.17, 15) is 4.79 Å². The Morgan fingerprint density at radius 3 is 2.80 bits per heavy atom. The molecule has 5 heteroatoms. The van der Waals surface area contributed by atoms with Gasteiger partial charge in [0.05, 0.1) is 21.1 Å². The number of benzene rings is 1. The fraction of sp³-hybridized carbons (Fsp3) is 0.250. The van der Waals surface area contributed by atoms with E-state index in [0.717, 1.165) is 28.9 Å². The van der Waals surface area contributed by atoms with Crippen molar-refractivity contribution < 1.29 is 4.79 Å². The molecule has 0 spiro atoms. The molecule has 2 atom stereocenters. The molecule has 4 nitrogen and oxygen atoms in total. The number of rotatable bonds is 3. The second kappa shape index (κ2) is 6.76. The molecule has 25 heavy (non-hydrogen) atoms. The lowest BCUT2D eigenvalue weighted by molar-refractivity contribution is -0.120. The molecule has 0 saturated heterocycles. The van der Waals surface area contributed by atoms with Gasteiger partial charge in [0.1, 0.15) is 5.82 Å². The summed E-state index contributed by atoms with van der Waals surface area (Å²) in [6, 6.07) is 11.9. The number of carbonyl (C=O) groups excluding carboxylic acids is 1. The molecule has 0 aliphatic heterocycles. The predicted molar refractivity (Wildman–Crippen MR) is 102 cm³/mol. The molecule has 1 amide bonds. The predicted octanol–water partition coefficient (Wildman–Crippen LogP) is 4.69. The number of para-hydroxylation sites is 1. The van der Waals surface area contributed by atoms with Gasteiger partial charge in [-0.3, -0.25) is 4.79 Å². The van der Waals surface area contributed by atoms with Gasteiger partial charge in [0.15, 0.2) is 0 Å². The summed E-state index contributed by atoms with van der Waals surface area (Å²) in [4.78, 5) is 21.9. The van der Waals surface area contributed by atoms with Crippen LogP contribution in [0.4, 0.5) is 5.82 Å². The van der Waals surface area contributed by atoms with E-state index >= 15 is 0 Å². The standard InChI is InChI=1S/C20H19N3OS/c1-13-10-11-18(21-12-13)23-19(24)14-6-2-3-7-15(14)20-22-16-8-4-5-9-17(16)25-20/h2-5,8-12,14-15H,6-7H2,1H3,(H,21,23,24). The molecule has 2 heterocycles. The first-order chi connectivity index (χ1) is 12.2. The van der Waals surface area contributed by atoms with Crippen LogP contribution in [0, 0.1) is 12.8 Å². The molecule has 4 rings (SSSR count). The van der Waals surface area contributed by atoms with Crippen LogP contribution >= 0.6 is 11.3 Å². The SMILES string of the molecule is Cc1ccc(NC(=O)C2CC=CCC2c2nc3ccccc3s2)nc1. The molecule has 1 N–H and O–H groups in total. The number of nitrogens with one attached hydrogen (secondary N) is 1. The highest BCUT2D eigenvalue weighted by Crippen LogP contribution is 2.38. The summed E-state index contributed by atoms with van der Waals surface area (Å²) < 4.78 is 1.17.